The van der Waals surface area contributed by atoms with Gasteiger partial charge >= 0.3 is 6.01 Å². The summed E-state index contributed by atoms with van der Waals surface area (Å²) < 4.78 is 38.3. The van der Waals surface area contributed by atoms with E-state index in [2.05, 4.69) is 15.5 Å². The highest BCUT2D eigenvalue weighted by atomic mass is 19.3. The van der Waals surface area contributed by atoms with Crippen LogP contribution in [-0.2, 0) is 11.2 Å². The lowest BCUT2D eigenvalue weighted by Gasteiger charge is -2.22. The molecule has 1 spiro atoms. The van der Waals surface area contributed by atoms with Crippen molar-refractivity contribution in [2.24, 2.45) is 5.41 Å². The molecule has 5 rings (SSSR count). The van der Waals surface area contributed by atoms with Gasteiger partial charge in [0.25, 0.3) is 5.92 Å². The molecule has 1 saturated heterocycles. The first-order chi connectivity index (χ1) is 14.5. The number of aromatic nitrogens is 2. The summed E-state index contributed by atoms with van der Waals surface area (Å²) in [6, 6.07) is 7.96. The Labute approximate surface area is 175 Å². The lowest BCUT2D eigenvalue weighted by molar-refractivity contribution is -0.128. The molecule has 2 fully saturated rings. The highest BCUT2D eigenvalue weighted by Crippen LogP contribution is 2.65. The summed E-state index contributed by atoms with van der Waals surface area (Å²) in [5, 5.41) is 10.8. The Balaban J connectivity index is 0.000000883. The van der Waals surface area contributed by atoms with Gasteiger partial charge < -0.3 is 19.4 Å². The molecule has 7 nitrogen and oxygen atoms in total. The zero-order chi connectivity index (χ0) is 21.4. The number of hydrogen-bond acceptors (Lipinski definition) is 6. The summed E-state index contributed by atoms with van der Waals surface area (Å²) in [6.07, 6.45) is 0.983. The molecule has 30 heavy (non-hydrogen) atoms. The molecule has 1 N–H and O–H groups in total. The van der Waals surface area contributed by atoms with E-state index >= 15 is 0 Å². The normalized spacial score (nSPS) is 25.7. The van der Waals surface area contributed by atoms with Crippen LogP contribution < -0.4 is 10.1 Å². The van der Waals surface area contributed by atoms with E-state index in [1.54, 1.807) is 0 Å². The topological polar surface area (TPSA) is 80.5 Å². The van der Waals surface area contributed by atoms with Gasteiger partial charge in [-0.2, -0.15) is 0 Å². The SMILES string of the molecule is CC.O=C(CNc1nnc([C@@H]2COc3ccccc3C2)o1)N1CC[C@@]2(C1)CC2(F)F.[HH]. The average Bonchev–Trinajstić information content (AvgIpc) is 3.16. The van der Waals surface area contributed by atoms with E-state index in [1.807, 2.05) is 38.1 Å². The van der Waals surface area contributed by atoms with E-state index < -0.39 is 11.3 Å². The molecule has 1 saturated carbocycles. The summed E-state index contributed by atoms with van der Waals surface area (Å²) in [4.78, 5) is 13.8. The fourth-order valence-corrected chi connectivity index (χ4v) is 4.13. The van der Waals surface area contributed by atoms with Gasteiger partial charge in [0.05, 0.1) is 17.9 Å². The first-order valence-electron chi connectivity index (χ1n) is 10.4. The minimum Gasteiger partial charge on any atom is -0.492 e. The number of fused-ring (bicyclic) bond motifs is 1. The average molecular weight is 422 g/mol. The van der Waals surface area contributed by atoms with Gasteiger partial charge in [-0.05, 0) is 24.5 Å². The predicted molar refractivity (Wildman–Crippen MR) is 108 cm³/mol. The van der Waals surface area contributed by atoms with Gasteiger partial charge in [-0.15, -0.1) is 5.10 Å². The van der Waals surface area contributed by atoms with E-state index in [4.69, 9.17) is 9.15 Å². The van der Waals surface area contributed by atoms with Crippen LogP contribution in [0.1, 0.15) is 45.5 Å². The van der Waals surface area contributed by atoms with Gasteiger partial charge in [0.2, 0.25) is 11.8 Å². The maximum absolute atomic E-state index is 13.5. The largest absolute Gasteiger partial charge is 0.492 e. The first kappa shape index (κ1) is 20.6. The second kappa shape index (κ2) is 7.85. The zero-order valence-corrected chi connectivity index (χ0v) is 17.2. The maximum Gasteiger partial charge on any atom is 0.315 e. The van der Waals surface area contributed by atoms with Crippen molar-refractivity contribution in [2.75, 3.05) is 31.6 Å². The number of carbonyl (C=O) groups excluding carboxylic acids is 1. The monoisotopic (exact) mass is 422 g/mol. The Kier molecular flexibility index (Phi) is 5.38. The lowest BCUT2D eigenvalue weighted by atomic mass is 9.97. The van der Waals surface area contributed by atoms with Crippen LogP contribution in [-0.4, -0.2) is 53.2 Å². The Hall–Kier alpha value is -2.71. The minimum absolute atomic E-state index is 0. The number of nitrogens with zero attached hydrogens (tertiary/aromatic N) is 3. The van der Waals surface area contributed by atoms with Crippen molar-refractivity contribution in [1.29, 1.82) is 0 Å². The molecule has 2 aliphatic heterocycles. The Morgan fingerprint density at radius 2 is 2.10 bits per heavy atom. The summed E-state index contributed by atoms with van der Waals surface area (Å²) in [6.45, 7) is 4.87. The van der Waals surface area contributed by atoms with Crippen LogP contribution in [0.4, 0.5) is 14.8 Å². The summed E-state index contributed by atoms with van der Waals surface area (Å²) in [7, 11) is 0. The number of halogens is 2. The fourth-order valence-electron chi connectivity index (χ4n) is 4.13. The zero-order valence-electron chi connectivity index (χ0n) is 17.2. The predicted octanol–water partition coefficient (Wildman–Crippen LogP) is 3.73. The molecular formula is C21H28F2N4O3. The third-order valence-corrected chi connectivity index (χ3v) is 5.98. The van der Waals surface area contributed by atoms with Crippen LogP contribution in [0, 0.1) is 5.41 Å². The summed E-state index contributed by atoms with van der Waals surface area (Å²) >= 11 is 0. The van der Waals surface area contributed by atoms with Crippen molar-refractivity contribution in [2.45, 2.75) is 45.0 Å². The van der Waals surface area contributed by atoms with Gasteiger partial charge in [0, 0.05) is 20.9 Å². The van der Waals surface area contributed by atoms with E-state index in [0.29, 0.717) is 25.5 Å². The van der Waals surface area contributed by atoms with Crippen molar-refractivity contribution in [3.05, 3.63) is 35.7 Å². The third kappa shape index (κ3) is 3.73. The molecule has 164 valence electrons. The van der Waals surface area contributed by atoms with Crippen LogP contribution in [0.2, 0.25) is 0 Å². The van der Waals surface area contributed by atoms with Crippen molar-refractivity contribution >= 4 is 11.9 Å². The highest BCUT2D eigenvalue weighted by Gasteiger charge is 2.72. The molecule has 3 heterocycles. The molecule has 1 amide bonds. The van der Waals surface area contributed by atoms with E-state index in [1.165, 1.54) is 4.90 Å². The van der Waals surface area contributed by atoms with Gasteiger partial charge in [-0.25, -0.2) is 8.78 Å². The van der Waals surface area contributed by atoms with Gasteiger partial charge in [-0.3, -0.25) is 4.79 Å². The van der Waals surface area contributed by atoms with E-state index in [0.717, 1.165) is 17.7 Å². The molecule has 3 aliphatic rings. The van der Waals surface area contributed by atoms with Crippen LogP contribution in [0.15, 0.2) is 28.7 Å². The number of carbonyl (C=O) groups is 1. The number of ether oxygens (including phenoxy) is 1. The Bertz CT molecular complexity index is 926. The number of amides is 1. The molecule has 1 aromatic carbocycles. The molecule has 1 aromatic heterocycles. The fraction of sp³-hybridized carbons (Fsp3) is 0.571. The Morgan fingerprint density at radius 3 is 2.83 bits per heavy atom. The summed E-state index contributed by atoms with van der Waals surface area (Å²) in [5.74, 6) is -1.61. The van der Waals surface area contributed by atoms with E-state index in [9.17, 15) is 13.6 Å². The van der Waals surface area contributed by atoms with Gasteiger partial charge in [0.1, 0.15) is 12.4 Å². The van der Waals surface area contributed by atoms with Crippen LogP contribution >= 0.6 is 0 Å². The molecular weight excluding hydrogens is 394 g/mol. The molecule has 0 unspecified atom stereocenters. The minimum atomic E-state index is -2.63. The molecule has 2 atom stereocenters. The molecule has 2 aromatic rings. The third-order valence-electron chi connectivity index (χ3n) is 5.98. The van der Waals surface area contributed by atoms with Crippen LogP contribution in [0.5, 0.6) is 5.75 Å². The first-order valence-corrected chi connectivity index (χ1v) is 10.4. The van der Waals surface area contributed by atoms with Crippen LogP contribution in [0.25, 0.3) is 0 Å². The Morgan fingerprint density at radius 1 is 1.33 bits per heavy atom. The lowest BCUT2D eigenvalue weighted by Crippen LogP contribution is -2.34. The second-order valence-electron chi connectivity index (χ2n) is 7.85. The number of benzene rings is 1. The van der Waals surface area contributed by atoms with Crippen LogP contribution in [0.3, 0.4) is 0 Å². The molecule has 1 aliphatic carbocycles. The molecule has 0 bridgehead atoms. The van der Waals surface area contributed by atoms with Crippen molar-refractivity contribution in [3.8, 4) is 5.75 Å². The van der Waals surface area contributed by atoms with E-state index in [-0.39, 0.29) is 38.8 Å². The maximum atomic E-state index is 13.5. The highest BCUT2D eigenvalue weighted by molar-refractivity contribution is 5.80. The number of alkyl halides is 2. The number of likely N-dealkylation sites (tertiary alicyclic amines) is 1. The van der Waals surface area contributed by atoms with Crippen molar-refractivity contribution < 1.29 is 24.2 Å². The number of anilines is 1. The quantitative estimate of drug-likeness (QED) is 0.809. The number of hydrogen-bond donors (Lipinski definition) is 1. The summed E-state index contributed by atoms with van der Waals surface area (Å²) in [5.41, 5.74) is 0.0962. The molecule has 0 radical (unpaired) electrons. The van der Waals surface area contributed by atoms with Gasteiger partial charge in [-0.1, -0.05) is 37.1 Å². The number of rotatable bonds is 4. The molecule has 9 heteroatoms. The number of para-hydroxylation sites is 1. The smallest absolute Gasteiger partial charge is 0.315 e. The second-order valence-corrected chi connectivity index (χ2v) is 7.85. The van der Waals surface area contributed by atoms with Crippen molar-refractivity contribution in [1.82, 2.24) is 15.1 Å². The number of nitrogens with one attached hydrogen (secondary N) is 1. The standard InChI is InChI=1S/C19H20F2N4O3.C2H6.H2/c20-19(21)10-18(19)5-6-25(11-18)15(26)8-22-17-24-23-16(28-17)13-7-12-3-1-2-4-14(12)27-9-13;1-2;/h1-4,13H,5-11H2,(H,22,24);1-2H3;1H/t13-,18-;;/m0../s1. The van der Waals surface area contributed by atoms with Crippen molar-refractivity contribution in [3.63, 3.8) is 0 Å². The van der Waals surface area contributed by atoms with Gasteiger partial charge in [0.15, 0.2) is 0 Å².